The number of nitrogens with zero attached hydrogens (tertiary/aromatic N) is 1. The van der Waals surface area contributed by atoms with Crippen LogP contribution in [0.3, 0.4) is 0 Å². The zero-order chi connectivity index (χ0) is 20.1. The van der Waals surface area contributed by atoms with Gasteiger partial charge >= 0.3 is 0 Å². The summed E-state index contributed by atoms with van der Waals surface area (Å²) in [5, 5.41) is 2.61. The van der Waals surface area contributed by atoms with Crippen LogP contribution in [0.1, 0.15) is 35.7 Å². The number of aromatic nitrogens is 1. The number of carbonyl (C=O) groups excluding carboxylic acids is 2. The molecular weight excluding hydrogens is 372 g/mol. The molecule has 1 N–H and O–H groups in total. The predicted molar refractivity (Wildman–Crippen MR) is 113 cm³/mol. The van der Waals surface area contributed by atoms with Gasteiger partial charge in [0.1, 0.15) is 5.76 Å². The third-order valence-electron chi connectivity index (χ3n) is 4.31. The van der Waals surface area contributed by atoms with Gasteiger partial charge in [0.05, 0.1) is 10.9 Å². The van der Waals surface area contributed by atoms with Crippen molar-refractivity contribution in [2.24, 2.45) is 0 Å². The highest BCUT2D eigenvalue weighted by Gasteiger charge is 2.17. The van der Waals surface area contributed by atoms with Gasteiger partial charge in [0, 0.05) is 22.6 Å². The third kappa shape index (κ3) is 4.89. The summed E-state index contributed by atoms with van der Waals surface area (Å²) < 4.78 is 5.77. The molecule has 0 aliphatic rings. The largest absolute Gasteiger partial charge is 0.441 e. The second-order valence-corrected chi connectivity index (χ2v) is 7.79. The molecule has 144 valence electrons. The average Bonchev–Trinajstić information content (AvgIpc) is 3.08. The lowest BCUT2D eigenvalue weighted by molar-refractivity contribution is -0.115. The third-order valence-corrected chi connectivity index (χ3v) is 5.47. The number of nitrogens with one attached hydrogen (secondary N) is 1. The number of anilines is 1. The number of rotatable bonds is 7. The molecule has 1 heterocycles. The molecule has 6 heteroatoms. The van der Waals surface area contributed by atoms with Gasteiger partial charge in [0.15, 0.2) is 5.78 Å². The summed E-state index contributed by atoms with van der Waals surface area (Å²) in [5.41, 5.74) is 3.07. The summed E-state index contributed by atoms with van der Waals surface area (Å²) in [6, 6.07) is 16.6. The van der Waals surface area contributed by atoms with E-state index in [9.17, 15) is 9.59 Å². The van der Waals surface area contributed by atoms with E-state index in [1.807, 2.05) is 44.2 Å². The van der Waals surface area contributed by atoms with Crippen molar-refractivity contribution in [3.8, 4) is 11.5 Å². The summed E-state index contributed by atoms with van der Waals surface area (Å²) in [4.78, 5) is 28.3. The van der Waals surface area contributed by atoms with Crippen LogP contribution >= 0.6 is 11.8 Å². The van der Waals surface area contributed by atoms with Gasteiger partial charge in [0.2, 0.25) is 11.8 Å². The Morgan fingerprint density at radius 1 is 1.11 bits per heavy atom. The van der Waals surface area contributed by atoms with E-state index in [2.05, 4.69) is 10.3 Å². The zero-order valence-corrected chi connectivity index (χ0v) is 16.9. The van der Waals surface area contributed by atoms with E-state index in [1.165, 1.54) is 18.7 Å². The summed E-state index contributed by atoms with van der Waals surface area (Å²) in [6.07, 6.45) is 0. The van der Waals surface area contributed by atoms with Crippen LogP contribution in [0.15, 0.2) is 59.0 Å². The van der Waals surface area contributed by atoms with Crippen LogP contribution < -0.4 is 5.32 Å². The van der Waals surface area contributed by atoms with E-state index in [-0.39, 0.29) is 16.9 Å². The number of hydrogen-bond donors (Lipinski definition) is 1. The first-order chi connectivity index (χ1) is 13.4. The normalized spacial score (nSPS) is 11.8. The minimum absolute atomic E-state index is 0.000320. The summed E-state index contributed by atoms with van der Waals surface area (Å²) in [6.45, 7) is 5.26. The van der Waals surface area contributed by atoms with E-state index in [4.69, 9.17) is 4.42 Å². The maximum Gasteiger partial charge on any atom is 0.237 e. The highest BCUT2D eigenvalue weighted by molar-refractivity contribution is 7.99. The van der Waals surface area contributed by atoms with Gasteiger partial charge in [0.25, 0.3) is 0 Å². The molecule has 0 aliphatic heterocycles. The van der Waals surface area contributed by atoms with Gasteiger partial charge in [-0.05, 0) is 57.2 Å². The van der Waals surface area contributed by atoms with Gasteiger partial charge in [-0.15, -0.1) is 11.8 Å². The Kier molecular flexibility index (Phi) is 6.31. The van der Waals surface area contributed by atoms with Crippen molar-refractivity contribution >= 4 is 29.1 Å². The number of thioether (sulfide) groups is 1. The smallest absolute Gasteiger partial charge is 0.237 e. The number of aryl methyl sites for hydroxylation is 1. The van der Waals surface area contributed by atoms with Crippen molar-refractivity contribution in [1.82, 2.24) is 4.98 Å². The zero-order valence-electron chi connectivity index (χ0n) is 16.1. The fourth-order valence-electron chi connectivity index (χ4n) is 2.58. The molecule has 0 saturated heterocycles. The Morgan fingerprint density at radius 2 is 1.79 bits per heavy atom. The van der Waals surface area contributed by atoms with Gasteiger partial charge in [-0.25, -0.2) is 4.98 Å². The molecule has 0 unspecified atom stereocenters. The van der Waals surface area contributed by atoms with E-state index < -0.39 is 0 Å². The molecule has 28 heavy (non-hydrogen) atoms. The van der Waals surface area contributed by atoms with Gasteiger partial charge in [-0.1, -0.05) is 18.2 Å². The molecule has 3 aromatic rings. The number of carbonyl (C=O) groups is 2. The van der Waals surface area contributed by atoms with Crippen molar-refractivity contribution in [3.63, 3.8) is 0 Å². The van der Waals surface area contributed by atoms with Crippen molar-refractivity contribution in [2.75, 3.05) is 5.32 Å². The standard InChI is InChI=1S/C22H22N2O3S/c1-14(25)17-9-11-19(12-10-17)23-21(26)16(3)28-13-20-15(2)27-22(24-20)18-7-5-4-6-8-18/h4-12,16H,13H2,1-3H3,(H,23,26)/t16-/m1/s1. The number of oxazole rings is 1. The Hall–Kier alpha value is -2.86. The minimum atomic E-state index is -0.260. The first kappa shape index (κ1) is 19.9. The fourth-order valence-corrected chi connectivity index (χ4v) is 3.46. The quantitative estimate of drug-likeness (QED) is 0.564. The van der Waals surface area contributed by atoms with E-state index >= 15 is 0 Å². The van der Waals surface area contributed by atoms with Crippen LogP contribution in [0.25, 0.3) is 11.5 Å². The Bertz CT molecular complexity index is 965. The molecule has 0 fully saturated rings. The van der Waals surface area contributed by atoms with Crippen LogP contribution in [-0.2, 0) is 10.5 Å². The molecule has 0 spiro atoms. The molecule has 0 bridgehead atoms. The van der Waals surface area contributed by atoms with Crippen LogP contribution in [0.5, 0.6) is 0 Å². The molecule has 0 saturated carbocycles. The van der Waals surface area contributed by atoms with Crippen LogP contribution in [0.4, 0.5) is 5.69 Å². The van der Waals surface area contributed by atoms with Crippen molar-refractivity contribution in [2.45, 2.75) is 31.8 Å². The SMILES string of the molecule is CC(=O)c1ccc(NC(=O)[C@@H](C)SCc2nc(-c3ccccc3)oc2C)cc1. The Balaban J connectivity index is 1.57. The van der Waals surface area contributed by atoms with Crippen LogP contribution in [-0.4, -0.2) is 21.9 Å². The Morgan fingerprint density at radius 3 is 2.43 bits per heavy atom. The fraction of sp³-hybridized carbons (Fsp3) is 0.227. The monoisotopic (exact) mass is 394 g/mol. The lowest BCUT2D eigenvalue weighted by Crippen LogP contribution is -2.22. The van der Waals surface area contributed by atoms with Crippen molar-refractivity contribution in [1.29, 1.82) is 0 Å². The average molecular weight is 394 g/mol. The molecule has 0 aliphatic carbocycles. The van der Waals surface area contributed by atoms with Crippen LogP contribution in [0, 0.1) is 6.92 Å². The highest BCUT2D eigenvalue weighted by atomic mass is 32.2. The van der Waals surface area contributed by atoms with Crippen molar-refractivity contribution < 1.29 is 14.0 Å². The summed E-state index contributed by atoms with van der Waals surface area (Å²) in [7, 11) is 0. The number of hydrogen-bond acceptors (Lipinski definition) is 5. The number of benzene rings is 2. The molecule has 1 aromatic heterocycles. The highest BCUT2D eigenvalue weighted by Crippen LogP contribution is 2.26. The van der Waals surface area contributed by atoms with E-state index in [1.54, 1.807) is 24.3 Å². The maximum atomic E-state index is 12.4. The topological polar surface area (TPSA) is 72.2 Å². The van der Waals surface area contributed by atoms with E-state index in [0.717, 1.165) is 17.0 Å². The minimum Gasteiger partial charge on any atom is -0.441 e. The second kappa shape index (κ2) is 8.89. The molecule has 1 atom stereocenters. The van der Waals surface area contributed by atoms with Crippen molar-refractivity contribution in [3.05, 3.63) is 71.6 Å². The molecule has 5 nitrogen and oxygen atoms in total. The molecule has 2 aromatic carbocycles. The number of amides is 1. The first-order valence-corrected chi connectivity index (χ1v) is 10.0. The molecular formula is C22H22N2O3S. The number of ketones is 1. The summed E-state index contributed by atoms with van der Waals surface area (Å²) in [5.74, 6) is 1.85. The van der Waals surface area contributed by atoms with Gasteiger partial charge < -0.3 is 9.73 Å². The lowest BCUT2D eigenvalue weighted by Gasteiger charge is -2.11. The maximum absolute atomic E-state index is 12.4. The van der Waals surface area contributed by atoms with Gasteiger partial charge in [-0.3, -0.25) is 9.59 Å². The molecule has 3 rings (SSSR count). The molecule has 1 amide bonds. The van der Waals surface area contributed by atoms with E-state index in [0.29, 0.717) is 22.9 Å². The molecule has 0 radical (unpaired) electrons. The summed E-state index contributed by atoms with van der Waals surface area (Å²) >= 11 is 1.50. The first-order valence-electron chi connectivity index (χ1n) is 8.99. The second-order valence-electron chi connectivity index (χ2n) is 6.46. The number of Topliss-reactive ketones (excluding diaryl/α,β-unsaturated/α-hetero) is 1. The van der Waals surface area contributed by atoms with Crippen LogP contribution in [0.2, 0.25) is 0 Å². The van der Waals surface area contributed by atoms with Gasteiger partial charge in [-0.2, -0.15) is 0 Å². The predicted octanol–water partition coefficient (Wildman–Crippen LogP) is 5.11. The lowest BCUT2D eigenvalue weighted by atomic mass is 10.1. The Labute approximate surface area is 168 Å².